The van der Waals surface area contributed by atoms with E-state index in [-0.39, 0.29) is 45.9 Å². The average Bonchev–Trinajstić information content (AvgIpc) is 3.55. The fraction of sp³-hybridized carbons (Fsp3) is 0.594. The van der Waals surface area contributed by atoms with Crippen LogP contribution in [0.1, 0.15) is 81.0 Å². The van der Waals surface area contributed by atoms with Gasteiger partial charge >= 0.3 is 0 Å². The zero-order chi connectivity index (χ0) is 30.9. The molecule has 3 aliphatic rings. The van der Waals surface area contributed by atoms with E-state index in [0.29, 0.717) is 36.6 Å². The lowest BCUT2D eigenvalue weighted by Crippen LogP contribution is -2.48. The Labute approximate surface area is 269 Å². The molecule has 2 saturated heterocycles. The van der Waals surface area contributed by atoms with E-state index >= 15 is 0 Å². The van der Waals surface area contributed by atoms with E-state index in [1.807, 2.05) is 18.2 Å². The third kappa shape index (κ3) is 8.54. The van der Waals surface area contributed by atoms with Crippen molar-refractivity contribution in [3.05, 3.63) is 46.2 Å². The van der Waals surface area contributed by atoms with Crippen LogP contribution in [0.4, 0.5) is 5.69 Å². The van der Waals surface area contributed by atoms with Gasteiger partial charge in [0.05, 0.1) is 28.8 Å². The molecule has 1 atom stereocenters. The molecule has 1 saturated carbocycles. The molecule has 1 aromatic carbocycles. The van der Waals surface area contributed by atoms with Crippen LogP contribution < -0.4 is 19.9 Å². The summed E-state index contributed by atoms with van der Waals surface area (Å²) >= 11 is 12.9. The van der Waals surface area contributed by atoms with Crippen molar-refractivity contribution in [1.82, 2.24) is 15.4 Å². The lowest BCUT2D eigenvalue weighted by atomic mass is 10.0. The number of piperidine rings is 1. The molecule has 12 heteroatoms. The summed E-state index contributed by atoms with van der Waals surface area (Å²) in [6.07, 6.45) is 12.3. The van der Waals surface area contributed by atoms with Crippen LogP contribution in [0.5, 0.6) is 11.5 Å². The van der Waals surface area contributed by atoms with Crippen molar-refractivity contribution in [3.63, 3.8) is 0 Å². The second-order valence-corrected chi connectivity index (χ2v) is 12.4. The summed E-state index contributed by atoms with van der Waals surface area (Å²) < 4.78 is 17.5. The molecule has 0 bridgehead atoms. The van der Waals surface area contributed by atoms with Crippen molar-refractivity contribution < 1.29 is 28.6 Å². The van der Waals surface area contributed by atoms with E-state index in [4.69, 9.17) is 42.3 Å². The summed E-state index contributed by atoms with van der Waals surface area (Å²) in [7, 11) is 1.62. The Hall–Kier alpha value is -2.63. The van der Waals surface area contributed by atoms with Gasteiger partial charge < -0.3 is 24.0 Å². The number of hydrogen-bond donors (Lipinski definition) is 1. The first-order valence-corrected chi connectivity index (χ1v) is 16.4. The maximum absolute atomic E-state index is 14.2. The van der Waals surface area contributed by atoms with Crippen molar-refractivity contribution in [3.8, 4) is 11.5 Å². The maximum atomic E-state index is 14.2. The number of rotatable bonds is 12. The van der Waals surface area contributed by atoms with Gasteiger partial charge in [0, 0.05) is 62.7 Å². The molecule has 3 heterocycles. The van der Waals surface area contributed by atoms with Crippen LogP contribution in [0.15, 0.2) is 30.6 Å². The van der Waals surface area contributed by atoms with Crippen LogP contribution in [0.25, 0.3) is 0 Å². The summed E-state index contributed by atoms with van der Waals surface area (Å²) in [4.78, 5) is 40.0. The van der Waals surface area contributed by atoms with Gasteiger partial charge in [-0.3, -0.25) is 14.6 Å². The first-order chi connectivity index (χ1) is 21.4. The standard InChI is InChI=1S/C32H42Cl2N4O6/c1-41-27-12-11-23(19-28(27)43-24-7-2-3-8-24)38(32(40)31-25(33)20-35-21-26(31)34)22-13-16-37(17-14-22)15-6-9-29(39)36-44-30-10-4-5-18-42-30/h11-12,19-22,24,30H,2-10,13-18H2,1H3,(H,36,39). The zero-order valence-corrected chi connectivity index (χ0v) is 26.8. The highest BCUT2D eigenvalue weighted by Crippen LogP contribution is 2.38. The fourth-order valence-corrected chi connectivity index (χ4v) is 6.70. The Kier molecular flexibility index (Phi) is 12.0. The Balaban J connectivity index is 1.24. The smallest absolute Gasteiger partial charge is 0.261 e. The largest absolute Gasteiger partial charge is 0.493 e. The summed E-state index contributed by atoms with van der Waals surface area (Å²) in [5.41, 5.74) is 3.46. The van der Waals surface area contributed by atoms with Crippen molar-refractivity contribution in [2.24, 2.45) is 0 Å². The number of nitrogens with one attached hydrogen (secondary N) is 1. The molecule has 240 valence electrons. The molecule has 2 amide bonds. The summed E-state index contributed by atoms with van der Waals surface area (Å²) in [6, 6.07) is 5.52. The molecular weight excluding hydrogens is 607 g/mol. The predicted molar refractivity (Wildman–Crippen MR) is 168 cm³/mol. The van der Waals surface area contributed by atoms with Crippen molar-refractivity contribution >= 4 is 40.7 Å². The minimum absolute atomic E-state index is 0.0982. The van der Waals surface area contributed by atoms with Crippen molar-refractivity contribution in [2.75, 3.05) is 38.3 Å². The molecule has 1 N–H and O–H groups in total. The van der Waals surface area contributed by atoms with Gasteiger partial charge in [0.1, 0.15) is 0 Å². The van der Waals surface area contributed by atoms with Gasteiger partial charge in [0.15, 0.2) is 17.8 Å². The van der Waals surface area contributed by atoms with Crippen molar-refractivity contribution in [1.29, 1.82) is 0 Å². The van der Waals surface area contributed by atoms with E-state index in [2.05, 4.69) is 15.4 Å². The molecule has 0 spiro atoms. The highest BCUT2D eigenvalue weighted by Gasteiger charge is 2.33. The van der Waals surface area contributed by atoms with Gasteiger partial charge in [-0.05, 0) is 76.5 Å². The number of ether oxygens (including phenoxy) is 3. The van der Waals surface area contributed by atoms with E-state index in [0.717, 1.165) is 77.4 Å². The first kappa shape index (κ1) is 32.8. The molecule has 44 heavy (non-hydrogen) atoms. The first-order valence-electron chi connectivity index (χ1n) is 15.7. The number of carbonyl (C=O) groups is 2. The number of halogens is 2. The maximum Gasteiger partial charge on any atom is 0.261 e. The van der Waals surface area contributed by atoms with Crippen LogP contribution in [0.3, 0.4) is 0 Å². The number of nitrogens with zero attached hydrogens (tertiary/aromatic N) is 3. The number of benzene rings is 1. The topological polar surface area (TPSA) is 102 Å². The predicted octanol–water partition coefficient (Wildman–Crippen LogP) is 6.18. The summed E-state index contributed by atoms with van der Waals surface area (Å²) in [6.45, 7) is 3.00. The molecule has 10 nitrogen and oxygen atoms in total. The number of amides is 2. The van der Waals surface area contributed by atoms with Gasteiger partial charge in [-0.25, -0.2) is 10.3 Å². The molecule has 0 radical (unpaired) electrons. The van der Waals surface area contributed by atoms with Crippen LogP contribution >= 0.6 is 23.2 Å². The molecule has 3 fully saturated rings. The van der Waals surface area contributed by atoms with Gasteiger partial charge in [0.25, 0.3) is 5.91 Å². The van der Waals surface area contributed by atoms with Gasteiger partial charge in [-0.1, -0.05) is 23.2 Å². The number of hydroxylamine groups is 1. The molecule has 1 aromatic heterocycles. The highest BCUT2D eigenvalue weighted by molar-refractivity contribution is 6.40. The molecule has 5 rings (SSSR count). The zero-order valence-electron chi connectivity index (χ0n) is 25.3. The monoisotopic (exact) mass is 648 g/mol. The third-order valence-corrected chi connectivity index (χ3v) is 9.12. The van der Waals surface area contributed by atoms with Crippen LogP contribution in [-0.2, 0) is 14.4 Å². The summed E-state index contributed by atoms with van der Waals surface area (Å²) in [5, 5.41) is 0.413. The van der Waals surface area contributed by atoms with Crippen LogP contribution in [-0.4, -0.2) is 73.5 Å². The van der Waals surface area contributed by atoms with Crippen LogP contribution in [0.2, 0.25) is 10.0 Å². The number of pyridine rings is 1. The second kappa shape index (κ2) is 16.1. The normalized spacial score (nSPS) is 19.9. The SMILES string of the molecule is COc1ccc(N(C(=O)c2c(Cl)cncc2Cl)C2CCN(CCCC(=O)NOC3CCCCO3)CC2)cc1OC1CCCC1. The quantitative estimate of drug-likeness (QED) is 0.272. The molecule has 2 aliphatic heterocycles. The molecule has 1 aliphatic carbocycles. The van der Waals surface area contributed by atoms with E-state index in [1.54, 1.807) is 12.0 Å². The number of carbonyl (C=O) groups excluding carboxylic acids is 2. The molecule has 1 unspecified atom stereocenters. The molecule has 2 aromatic rings. The Morgan fingerprint density at radius 1 is 1.02 bits per heavy atom. The van der Waals surface area contributed by atoms with Crippen molar-refractivity contribution in [2.45, 2.75) is 89.1 Å². The number of hydrogen-bond acceptors (Lipinski definition) is 8. The van der Waals surface area contributed by atoms with Gasteiger partial charge in [0.2, 0.25) is 5.91 Å². The van der Waals surface area contributed by atoms with E-state index < -0.39 is 0 Å². The molecular formula is C32H42Cl2N4O6. The van der Waals surface area contributed by atoms with Gasteiger partial charge in [-0.15, -0.1) is 0 Å². The number of anilines is 1. The Bertz CT molecular complexity index is 1240. The minimum atomic E-state index is -0.356. The minimum Gasteiger partial charge on any atom is -0.493 e. The number of aromatic nitrogens is 1. The highest BCUT2D eigenvalue weighted by atomic mass is 35.5. The Morgan fingerprint density at radius 2 is 1.75 bits per heavy atom. The lowest BCUT2D eigenvalue weighted by molar-refractivity contribution is -0.200. The van der Waals surface area contributed by atoms with E-state index in [1.165, 1.54) is 12.4 Å². The lowest BCUT2D eigenvalue weighted by Gasteiger charge is -2.39. The third-order valence-electron chi connectivity index (χ3n) is 8.55. The number of methoxy groups -OCH3 is 1. The average molecular weight is 650 g/mol. The summed E-state index contributed by atoms with van der Waals surface area (Å²) in [5.74, 6) is 0.823. The van der Waals surface area contributed by atoms with Crippen LogP contribution in [0, 0.1) is 0 Å². The second-order valence-electron chi connectivity index (χ2n) is 11.6. The Morgan fingerprint density at radius 3 is 2.43 bits per heavy atom. The number of likely N-dealkylation sites (tertiary alicyclic amines) is 1. The van der Waals surface area contributed by atoms with E-state index in [9.17, 15) is 9.59 Å². The fourth-order valence-electron chi connectivity index (χ4n) is 6.17. The van der Waals surface area contributed by atoms with Gasteiger partial charge in [-0.2, -0.15) is 0 Å².